The zero-order valence-electron chi connectivity index (χ0n) is 10.4. The average Bonchev–Trinajstić information content (AvgIpc) is 2.69. The van der Waals surface area contributed by atoms with Gasteiger partial charge >= 0.3 is 0 Å². The number of aromatic nitrogens is 1. The molecule has 0 radical (unpaired) electrons. The predicted molar refractivity (Wildman–Crippen MR) is 74.8 cm³/mol. The highest BCUT2D eigenvalue weighted by Crippen LogP contribution is 2.28. The molecule has 1 heterocycles. The number of aliphatic hydroxyl groups excluding tert-OH is 1. The molecule has 0 amide bonds. The molecule has 1 aromatic carbocycles. The highest BCUT2D eigenvalue weighted by atomic mass is 32.1. The Morgan fingerprint density at radius 2 is 2.17 bits per heavy atom. The average molecular weight is 262 g/mol. The summed E-state index contributed by atoms with van der Waals surface area (Å²) in [5.74, 6) is 0. The van der Waals surface area contributed by atoms with E-state index >= 15 is 0 Å². The van der Waals surface area contributed by atoms with E-state index in [-0.39, 0.29) is 6.61 Å². The van der Waals surface area contributed by atoms with Crippen LogP contribution in [-0.4, -0.2) is 34.2 Å². The quantitative estimate of drug-likeness (QED) is 0.900. The summed E-state index contributed by atoms with van der Waals surface area (Å²) in [6.45, 7) is 1.88. The van der Waals surface area contributed by atoms with Gasteiger partial charge in [-0.05, 0) is 25.0 Å². The SMILES string of the molecule is OCCN(Cc1nc2ccccc2s1)C1CCC1. The molecule has 0 spiro atoms. The summed E-state index contributed by atoms with van der Waals surface area (Å²) in [7, 11) is 0. The monoisotopic (exact) mass is 262 g/mol. The Bertz CT molecular complexity index is 488. The van der Waals surface area contributed by atoms with E-state index in [0.717, 1.165) is 23.6 Å². The van der Waals surface area contributed by atoms with Gasteiger partial charge < -0.3 is 5.11 Å². The van der Waals surface area contributed by atoms with Crippen LogP contribution in [0.4, 0.5) is 0 Å². The minimum absolute atomic E-state index is 0.237. The van der Waals surface area contributed by atoms with E-state index in [0.29, 0.717) is 6.04 Å². The molecule has 1 aliphatic carbocycles. The number of nitrogens with zero attached hydrogens (tertiary/aromatic N) is 2. The summed E-state index contributed by atoms with van der Waals surface area (Å²) in [6.07, 6.45) is 3.86. The summed E-state index contributed by atoms with van der Waals surface area (Å²) < 4.78 is 1.25. The van der Waals surface area contributed by atoms with Gasteiger partial charge in [-0.1, -0.05) is 18.6 Å². The fourth-order valence-corrected chi connectivity index (χ4v) is 3.43. The van der Waals surface area contributed by atoms with E-state index in [1.165, 1.54) is 24.0 Å². The van der Waals surface area contributed by atoms with Gasteiger partial charge in [0.1, 0.15) is 5.01 Å². The molecular weight excluding hydrogens is 244 g/mol. The van der Waals surface area contributed by atoms with Crippen LogP contribution in [0.15, 0.2) is 24.3 Å². The first-order valence-corrected chi connectivity index (χ1v) is 7.38. The van der Waals surface area contributed by atoms with Gasteiger partial charge in [-0.25, -0.2) is 4.98 Å². The first kappa shape index (κ1) is 12.1. The standard InChI is InChI=1S/C14H18N2OS/c17-9-8-16(11-4-3-5-11)10-14-15-12-6-1-2-7-13(12)18-14/h1-2,6-7,11,17H,3-5,8-10H2. The van der Waals surface area contributed by atoms with E-state index in [2.05, 4.69) is 28.1 Å². The topological polar surface area (TPSA) is 36.4 Å². The number of fused-ring (bicyclic) bond motifs is 1. The molecule has 0 unspecified atom stereocenters. The molecule has 0 aliphatic heterocycles. The van der Waals surface area contributed by atoms with Crippen molar-refractivity contribution >= 4 is 21.6 Å². The second-order valence-corrected chi connectivity index (χ2v) is 5.97. The lowest BCUT2D eigenvalue weighted by atomic mass is 9.91. The Morgan fingerprint density at radius 1 is 1.33 bits per heavy atom. The zero-order valence-corrected chi connectivity index (χ0v) is 11.2. The molecule has 2 aromatic rings. The van der Waals surface area contributed by atoms with Crippen molar-refractivity contribution in [1.82, 2.24) is 9.88 Å². The highest BCUT2D eigenvalue weighted by Gasteiger charge is 2.25. The van der Waals surface area contributed by atoms with Crippen LogP contribution >= 0.6 is 11.3 Å². The zero-order chi connectivity index (χ0) is 12.4. The molecule has 1 saturated carbocycles. The van der Waals surface area contributed by atoms with Crippen LogP contribution in [0.5, 0.6) is 0 Å². The van der Waals surface area contributed by atoms with Crippen molar-refractivity contribution in [1.29, 1.82) is 0 Å². The number of hydrogen-bond acceptors (Lipinski definition) is 4. The molecule has 1 fully saturated rings. The van der Waals surface area contributed by atoms with Gasteiger partial charge in [0.05, 0.1) is 23.4 Å². The van der Waals surface area contributed by atoms with Crippen molar-refractivity contribution in [3.63, 3.8) is 0 Å². The number of hydrogen-bond donors (Lipinski definition) is 1. The van der Waals surface area contributed by atoms with Gasteiger partial charge in [-0.15, -0.1) is 11.3 Å². The maximum atomic E-state index is 9.16. The normalized spacial score (nSPS) is 16.3. The first-order valence-electron chi connectivity index (χ1n) is 6.56. The maximum absolute atomic E-state index is 9.16. The molecule has 18 heavy (non-hydrogen) atoms. The number of aliphatic hydroxyl groups is 1. The maximum Gasteiger partial charge on any atom is 0.108 e. The molecule has 1 aromatic heterocycles. The van der Waals surface area contributed by atoms with Crippen LogP contribution in [-0.2, 0) is 6.54 Å². The van der Waals surface area contributed by atoms with E-state index < -0.39 is 0 Å². The number of rotatable bonds is 5. The smallest absolute Gasteiger partial charge is 0.108 e. The summed E-state index contributed by atoms with van der Waals surface area (Å²) >= 11 is 1.77. The lowest BCUT2D eigenvalue weighted by molar-refractivity contribution is 0.0945. The van der Waals surface area contributed by atoms with Crippen LogP contribution in [0.25, 0.3) is 10.2 Å². The van der Waals surface area contributed by atoms with Crippen molar-refractivity contribution in [3.05, 3.63) is 29.3 Å². The van der Waals surface area contributed by atoms with Gasteiger partial charge in [0, 0.05) is 12.6 Å². The van der Waals surface area contributed by atoms with E-state index in [9.17, 15) is 0 Å². The summed E-state index contributed by atoms with van der Waals surface area (Å²) in [4.78, 5) is 7.05. The predicted octanol–water partition coefficient (Wildman–Crippen LogP) is 2.64. The fourth-order valence-electron chi connectivity index (χ4n) is 2.43. The Morgan fingerprint density at radius 3 is 2.83 bits per heavy atom. The van der Waals surface area contributed by atoms with Crippen LogP contribution < -0.4 is 0 Å². The third-order valence-electron chi connectivity index (χ3n) is 3.65. The van der Waals surface area contributed by atoms with Crippen molar-refractivity contribution in [2.45, 2.75) is 31.8 Å². The van der Waals surface area contributed by atoms with E-state index in [1.54, 1.807) is 11.3 Å². The van der Waals surface area contributed by atoms with Gasteiger partial charge in [-0.2, -0.15) is 0 Å². The molecule has 3 nitrogen and oxygen atoms in total. The van der Waals surface area contributed by atoms with Gasteiger partial charge in [0.2, 0.25) is 0 Å². The van der Waals surface area contributed by atoms with E-state index in [1.807, 2.05) is 6.07 Å². The van der Waals surface area contributed by atoms with Crippen LogP contribution in [0.1, 0.15) is 24.3 Å². The lowest BCUT2D eigenvalue weighted by Gasteiger charge is -2.36. The first-order chi connectivity index (χ1) is 8.86. The van der Waals surface area contributed by atoms with Crippen LogP contribution in [0.3, 0.4) is 0 Å². The summed E-state index contributed by atoms with van der Waals surface area (Å²) in [5.41, 5.74) is 1.09. The van der Waals surface area contributed by atoms with Gasteiger partial charge in [-0.3, -0.25) is 4.90 Å². The molecule has 0 bridgehead atoms. The second-order valence-electron chi connectivity index (χ2n) is 4.85. The number of para-hydroxylation sites is 1. The molecule has 1 aliphatic rings. The highest BCUT2D eigenvalue weighted by molar-refractivity contribution is 7.18. The molecule has 0 atom stereocenters. The van der Waals surface area contributed by atoms with Crippen LogP contribution in [0, 0.1) is 0 Å². The molecular formula is C14H18N2OS. The van der Waals surface area contributed by atoms with E-state index in [4.69, 9.17) is 5.11 Å². The molecule has 96 valence electrons. The Labute approximate surface area is 111 Å². The summed E-state index contributed by atoms with van der Waals surface area (Å²) in [6, 6.07) is 8.93. The second kappa shape index (κ2) is 5.34. The lowest BCUT2D eigenvalue weighted by Crippen LogP contribution is -2.41. The Kier molecular flexibility index (Phi) is 3.59. The number of benzene rings is 1. The Hall–Kier alpha value is -0.970. The van der Waals surface area contributed by atoms with Gasteiger partial charge in [0.15, 0.2) is 0 Å². The Balaban J connectivity index is 1.76. The number of thiazole rings is 1. The van der Waals surface area contributed by atoms with Crippen molar-refractivity contribution < 1.29 is 5.11 Å². The largest absolute Gasteiger partial charge is 0.395 e. The van der Waals surface area contributed by atoms with Crippen molar-refractivity contribution in [2.75, 3.05) is 13.2 Å². The van der Waals surface area contributed by atoms with Crippen molar-refractivity contribution in [2.24, 2.45) is 0 Å². The van der Waals surface area contributed by atoms with Gasteiger partial charge in [0.25, 0.3) is 0 Å². The minimum Gasteiger partial charge on any atom is -0.395 e. The van der Waals surface area contributed by atoms with Crippen LogP contribution in [0.2, 0.25) is 0 Å². The van der Waals surface area contributed by atoms with Crippen molar-refractivity contribution in [3.8, 4) is 0 Å². The third kappa shape index (κ3) is 2.41. The fraction of sp³-hybridized carbons (Fsp3) is 0.500. The molecule has 3 rings (SSSR count). The molecule has 0 saturated heterocycles. The molecule has 1 N–H and O–H groups in total. The summed E-state index contributed by atoms with van der Waals surface area (Å²) in [5, 5.41) is 10.3. The molecule has 4 heteroatoms. The third-order valence-corrected chi connectivity index (χ3v) is 4.68. The minimum atomic E-state index is 0.237.